The quantitative estimate of drug-likeness (QED) is 0.507. The summed E-state index contributed by atoms with van der Waals surface area (Å²) in [4.78, 5) is 33.8. The first kappa shape index (κ1) is 18.7. The molecule has 0 atom stereocenters. The number of ketones is 3. The van der Waals surface area contributed by atoms with E-state index in [0.29, 0.717) is 0 Å². The fraction of sp³-hybridized carbons (Fsp3) is 0.308. The van der Waals surface area contributed by atoms with Gasteiger partial charge in [-0.25, -0.2) is 0 Å². The third-order valence-corrected chi connectivity index (χ3v) is 2.77. The summed E-state index contributed by atoms with van der Waals surface area (Å²) in [7, 11) is 0. The zero-order valence-corrected chi connectivity index (χ0v) is 11.0. The second-order valence-corrected chi connectivity index (χ2v) is 4.45. The number of benzene rings is 1. The smallest absolute Gasteiger partial charge is 0.450 e. The standard InChI is InChI=1S/C13H8F6O4/c14-12(15,16)10(22)8(11(23)13(17,18)19)5-9(21)6-1-3-7(20)4-2-6/h1-4,8,20H,5H2. The monoisotopic (exact) mass is 342 g/mol. The van der Waals surface area contributed by atoms with Gasteiger partial charge in [0.2, 0.25) is 11.6 Å². The Hall–Kier alpha value is -2.39. The van der Waals surface area contributed by atoms with Gasteiger partial charge in [-0.05, 0) is 24.3 Å². The van der Waals surface area contributed by atoms with E-state index >= 15 is 0 Å². The maximum absolute atomic E-state index is 12.3. The van der Waals surface area contributed by atoms with Crippen LogP contribution in [-0.4, -0.2) is 34.8 Å². The van der Waals surface area contributed by atoms with Gasteiger partial charge in [0.1, 0.15) is 11.7 Å². The summed E-state index contributed by atoms with van der Waals surface area (Å²) in [5.74, 6) is -10.6. The zero-order valence-electron chi connectivity index (χ0n) is 11.0. The molecular weight excluding hydrogens is 334 g/mol. The van der Waals surface area contributed by atoms with Crippen LogP contribution >= 0.6 is 0 Å². The van der Waals surface area contributed by atoms with Gasteiger partial charge in [-0.1, -0.05) is 0 Å². The zero-order chi connectivity index (χ0) is 18.0. The Morgan fingerprint density at radius 2 is 1.26 bits per heavy atom. The SMILES string of the molecule is O=C(CC(C(=O)C(F)(F)F)C(=O)C(F)(F)F)c1ccc(O)cc1. The molecule has 0 bridgehead atoms. The molecule has 0 aromatic heterocycles. The van der Waals surface area contributed by atoms with E-state index in [1.54, 1.807) is 0 Å². The highest BCUT2D eigenvalue weighted by molar-refractivity contribution is 6.11. The Morgan fingerprint density at radius 1 is 0.870 bits per heavy atom. The van der Waals surface area contributed by atoms with Crippen molar-refractivity contribution in [1.82, 2.24) is 0 Å². The first-order valence-corrected chi connectivity index (χ1v) is 5.88. The number of phenolic OH excluding ortho intramolecular Hbond substituents is 1. The number of hydrogen-bond donors (Lipinski definition) is 1. The van der Waals surface area contributed by atoms with Crippen LogP contribution in [-0.2, 0) is 9.59 Å². The summed E-state index contributed by atoms with van der Waals surface area (Å²) in [5, 5.41) is 8.99. The lowest BCUT2D eigenvalue weighted by Gasteiger charge is -2.17. The lowest BCUT2D eigenvalue weighted by molar-refractivity contribution is -0.189. The number of phenols is 1. The molecule has 0 radical (unpaired) electrons. The van der Waals surface area contributed by atoms with Gasteiger partial charge in [-0.15, -0.1) is 0 Å². The van der Waals surface area contributed by atoms with Crippen LogP contribution < -0.4 is 0 Å². The molecule has 0 amide bonds. The number of Topliss-reactive ketones (excluding diaryl/α,β-unsaturated/α-hetero) is 3. The van der Waals surface area contributed by atoms with E-state index in [1.807, 2.05) is 0 Å². The maximum atomic E-state index is 12.3. The largest absolute Gasteiger partial charge is 0.508 e. The molecule has 0 spiro atoms. The summed E-state index contributed by atoms with van der Waals surface area (Å²) in [5.41, 5.74) is -0.349. The van der Waals surface area contributed by atoms with Crippen molar-refractivity contribution >= 4 is 17.3 Å². The fourth-order valence-electron chi connectivity index (χ4n) is 1.65. The third-order valence-electron chi connectivity index (χ3n) is 2.77. The van der Waals surface area contributed by atoms with Crippen molar-refractivity contribution in [2.45, 2.75) is 18.8 Å². The topological polar surface area (TPSA) is 71.4 Å². The Kier molecular flexibility index (Phi) is 5.18. The number of alkyl halides is 6. The van der Waals surface area contributed by atoms with E-state index in [-0.39, 0.29) is 11.3 Å². The highest BCUT2D eigenvalue weighted by Gasteiger charge is 2.53. The summed E-state index contributed by atoms with van der Waals surface area (Å²) in [6.45, 7) is 0. The maximum Gasteiger partial charge on any atom is 0.450 e. The van der Waals surface area contributed by atoms with Crippen molar-refractivity contribution in [3.05, 3.63) is 29.8 Å². The molecule has 0 heterocycles. The van der Waals surface area contributed by atoms with Gasteiger partial charge in [0.05, 0.1) is 0 Å². The molecule has 0 saturated carbocycles. The highest BCUT2D eigenvalue weighted by Crippen LogP contribution is 2.30. The van der Waals surface area contributed by atoms with Crippen molar-refractivity contribution in [3.63, 3.8) is 0 Å². The molecule has 23 heavy (non-hydrogen) atoms. The van der Waals surface area contributed by atoms with E-state index in [9.17, 15) is 40.7 Å². The predicted molar refractivity (Wildman–Crippen MR) is 62.7 cm³/mol. The van der Waals surface area contributed by atoms with Crippen molar-refractivity contribution in [2.24, 2.45) is 5.92 Å². The van der Waals surface area contributed by atoms with Crippen LogP contribution in [0.3, 0.4) is 0 Å². The van der Waals surface area contributed by atoms with E-state index in [0.717, 1.165) is 24.3 Å². The first-order chi connectivity index (χ1) is 10.3. The number of aromatic hydroxyl groups is 1. The molecular formula is C13H8F6O4. The second kappa shape index (κ2) is 6.39. The molecule has 126 valence electrons. The molecule has 0 aliphatic heterocycles. The first-order valence-electron chi connectivity index (χ1n) is 5.88. The molecule has 0 saturated heterocycles. The molecule has 10 heteroatoms. The Balaban J connectivity index is 3.11. The van der Waals surface area contributed by atoms with Crippen LogP contribution in [0.2, 0.25) is 0 Å². The van der Waals surface area contributed by atoms with Crippen LogP contribution in [0.25, 0.3) is 0 Å². The third kappa shape index (κ3) is 4.80. The summed E-state index contributed by atoms with van der Waals surface area (Å²) in [6, 6.07) is 3.81. The molecule has 1 aromatic carbocycles. The van der Waals surface area contributed by atoms with Gasteiger partial charge in [0.25, 0.3) is 0 Å². The Bertz CT molecular complexity index is 589. The van der Waals surface area contributed by atoms with Crippen LogP contribution in [0.5, 0.6) is 5.75 Å². The van der Waals surface area contributed by atoms with E-state index < -0.39 is 42.0 Å². The van der Waals surface area contributed by atoms with E-state index in [4.69, 9.17) is 5.11 Å². The predicted octanol–water partition coefficient (Wildman–Crippen LogP) is 2.84. The number of halogens is 6. The normalized spacial score (nSPS) is 12.3. The molecule has 0 unspecified atom stereocenters. The van der Waals surface area contributed by atoms with Crippen molar-refractivity contribution in [3.8, 4) is 5.75 Å². The Labute approximate surface area is 124 Å². The van der Waals surface area contributed by atoms with Crippen molar-refractivity contribution in [2.75, 3.05) is 0 Å². The number of carbonyl (C=O) groups excluding carboxylic acids is 3. The molecule has 1 aromatic rings. The fourth-order valence-corrected chi connectivity index (χ4v) is 1.65. The highest BCUT2D eigenvalue weighted by atomic mass is 19.4. The average Bonchev–Trinajstić information content (AvgIpc) is 2.41. The molecule has 4 nitrogen and oxygen atoms in total. The van der Waals surface area contributed by atoms with Crippen LogP contribution in [0.1, 0.15) is 16.8 Å². The number of rotatable bonds is 5. The van der Waals surface area contributed by atoms with Gasteiger partial charge >= 0.3 is 12.4 Å². The summed E-state index contributed by atoms with van der Waals surface area (Å²) < 4.78 is 74.0. The van der Waals surface area contributed by atoms with Crippen LogP contribution in [0.4, 0.5) is 26.3 Å². The van der Waals surface area contributed by atoms with Crippen molar-refractivity contribution in [1.29, 1.82) is 0 Å². The molecule has 0 aliphatic rings. The number of hydrogen-bond acceptors (Lipinski definition) is 4. The van der Waals surface area contributed by atoms with Crippen LogP contribution in [0, 0.1) is 5.92 Å². The second-order valence-electron chi connectivity index (χ2n) is 4.45. The van der Waals surface area contributed by atoms with Gasteiger partial charge in [0.15, 0.2) is 5.78 Å². The molecule has 1 N–H and O–H groups in total. The Morgan fingerprint density at radius 3 is 1.61 bits per heavy atom. The van der Waals surface area contributed by atoms with E-state index in [2.05, 4.69) is 0 Å². The molecule has 0 aliphatic carbocycles. The lowest BCUT2D eigenvalue weighted by Crippen LogP contribution is -2.42. The number of carbonyl (C=O) groups is 3. The minimum absolute atomic E-state index is 0.296. The lowest BCUT2D eigenvalue weighted by atomic mass is 9.90. The summed E-state index contributed by atoms with van der Waals surface area (Å²) >= 11 is 0. The van der Waals surface area contributed by atoms with Gasteiger partial charge in [-0.3, -0.25) is 14.4 Å². The van der Waals surface area contributed by atoms with Gasteiger partial charge in [0, 0.05) is 12.0 Å². The average molecular weight is 342 g/mol. The minimum Gasteiger partial charge on any atom is -0.508 e. The van der Waals surface area contributed by atoms with E-state index in [1.165, 1.54) is 0 Å². The molecule has 0 fully saturated rings. The van der Waals surface area contributed by atoms with Gasteiger partial charge < -0.3 is 5.11 Å². The molecule has 1 rings (SSSR count). The van der Waals surface area contributed by atoms with Crippen molar-refractivity contribution < 1.29 is 45.8 Å². The minimum atomic E-state index is -5.69. The van der Waals surface area contributed by atoms with Gasteiger partial charge in [-0.2, -0.15) is 26.3 Å². The summed E-state index contributed by atoms with van der Waals surface area (Å²) in [6.07, 6.45) is -13.0. The van der Waals surface area contributed by atoms with Crippen LogP contribution in [0.15, 0.2) is 24.3 Å².